The molecule has 0 atom stereocenters. The molecule has 0 saturated carbocycles. The van der Waals surface area contributed by atoms with Crippen molar-refractivity contribution in [3.63, 3.8) is 0 Å². The highest BCUT2D eigenvalue weighted by Gasteiger charge is 2.12. The molecule has 0 spiro atoms. The summed E-state index contributed by atoms with van der Waals surface area (Å²) in [5, 5.41) is 6.54. The Morgan fingerprint density at radius 3 is 2.40 bits per heavy atom. The normalized spacial score (nSPS) is 10.5. The molecule has 9 heteroatoms. The topological polar surface area (TPSA) is 98.2 Å². The monoisotopic (exact) mass is 477 g/mol. The van der Waals surface area contributed by atoms with Gasteiger partial charge in [0.15, 0.2) is 11.5 Å². The van der Waals surface area contributed by atoms with Crippen LogP contribution in [-0.4, -0.2) is 38.4 Å². The second-order valence-electron chi connectivity index (χ2n) is 5.94. The Morgan fingerprint density at radius 2 is 1.77 bits per heavy atom. The van der Waals surface area contributed by atoms with E-state index < -0.39 is 11.8 Å². The molecule has 2 N–H and O–H groups in total. The molecule has 0 saturated heterocycles. The zero-order valence-corrected chi connectivity index (χ0v) is 18.6. The maximum absolute atomic E-state index is 12.0. The molecule has 0 heterocycles. The number of anilines is 1. The summed E-state index contributed by atoms with van der Waals surface area (Å²) in [6.45, 7) is 4.74. The Morgan fingerprint density at radius 1 is 1.07 bits per heavy atom. The van der Waals surface area contributed by atoms with Gasteiger partial charge in [-0.15, -0.1) is 0 Å². The van der Waals surface area contributed by atoms with E-state index in [9.17, 15) is 9.59 Å². The van der Waals surface area contributed by atoms with Crippen LogP contribution in [0.3, 0.4) is 0 Å². The van der Waals surface area contributed by atoms with Crippen molar-refractivity contribution in [2.24, 2.45) is 5.10 Å². The van der Waals surface area contributed by atoms with E-state index in [1.165, 1.54) is 6.21 Å². The lowest BCUT2D eigenvalue weighted by atomic mass is 10.2. The fourth-order valence-corrected chi connectivity index (χ4v) is 3.03. The highest BCUT2D eigenvalue weighted by molar-refractivity contribution is 9.10. The minimum Gasteiger partial charge on any atom is -0.497 e. The number of carbonyl (C=O) groups excluding carboxylic acids is 2. The van der Waals surface area contributed by atoms with Gasteiger partial charge < -0.3 is 19.5 Å². The van der Waals surface area contributed by atoms with Crippen LogP contribution in [0.2, 0.25) is 0 Å². The highest BCUT2D eigenvalue weighted by atomic mass is 79.9. The number of nitrogens with zero attached hydrogens (tertiary/aromatic N) is 1. The van der Waals surface area contributed by atoms with Gasteiger partial charge in [-0.3, -0.25) is 9.59 Å². The van der Waals surface area contributed by atoms with Crippen molar-refractivity contribution in [3.8, 4) is 17.2 Å². The third-order valence-electron chi connectivity index (χ3n) is 3.72. The van der Waals surface area contributed by atoms with Gasteiger partial charge in [-0.2, -0.15) is 5.10 Å². The number of benzene rings is 2. The van der Waals surface area contributed by atoms with Crippen molar-refractivity contribution < 1.29 is 23.8 Å². The van der Waals surface area contributed by atoms with E-state index >= 15 is 0 Å². The van der Waals surface area contributed by atoms with Crippen molar-refractivity contribution in [2.45, 2.75) is 20.3 Å². The summed E-state index contributed by atoms with van der Waals surface area (Å²) in [5.41, 5.74) is 3.60. The number of carbonyl (C=O) groups is 2. The molecular weight excluding hydrogens is 454 g/mol. The van der Waals surface area contributed by atoms with Crippen LogP contribution in [0.4, 0.5) is 5.69 Å². The summed E-state index contributed by atoms with van der Waals surface area (Å²) in [5.74, 6) is 0.868. The SMILES string of the molecule is CCOc1cc(C=NNC(=O)CC(=O)Nc2ccc(OC)cc2)cc(Br)c1OCC. The van der Waals surface area contributed by atoms with Crippen molar-refractivity contribution >= 4 is 39.6 Å². The minimum absolute atomic E-state index is 0.361. The van der Waals surface area contributed by atoms with Crippen LogP contribution >= 0.6 is 15.9 Å². The average molecular weight is 478 g/mol. The summed E-state index contributed by atoms with van der Waals surface area (Å²) < 4.78 is 16.9. The Balaban J connectivity index is 1.92. The second kappa shape index (κ2) is 11.8. The Hall–Kier alpha value is -3.07. The lowest BCUT2D eigenvalue weighted by Crippen LogP contribution is -2.24. The Bertz CT molecular complexity index is 900. The number of methoxy groups -OCH3 is 1. The fourth-order valence-electron chi connectivity index (χ4n) is 2.45. The average Bonchev–Trinajstić information content (AvgIpc) is 2.71. The zero-order valence-electron chi connectivity index (χ0n) is 17.0. The molecule has 0 aromatic heterocycles. The smallest absolute Gasteiger partial charge is 0.249 e. The van der Waals surface area contributed by atoms with E-state index in [4.69, 9.17) is 14.2 Å². The molecule has 30 heavy (non-hydrogen) atoms. The van der Waals surface area contributed by atoms with Crippen LogP contribution in [0.15, 0.2) is 46.0 Å². The first kappa shape index (κ1) is 23.2. The summed E-state index contributed by atoms with van der Waals surface area (Å²) >= 11 is 3.45. The molecule has 2 aromatic carbocycles. The van der Waals surface area contributed by atoms with E-state index in [0.29, 0.717) is 46.2 Å². The number of hydrazone groups is 1. The molecule has 0 aliphatic carbocycles. The standard InChI is InChI=1S/C21H24BrN3O5/c1-4-29-18-11-14(10-17(22)21(18)30-5-2)13-23-25-20(27)12-19(26)24-15-6-8-16(28-3)9-7-15/h6-11,13H,4-5,12H2,1-3H3,(H,24,26)(H,25,27). The molecule has 0 aliphatic heterocycles. The number of ether oxygens (including phenoxy) is 3. The van der Waals surface area contributed by atoms with Gasteiger partial charge in [0.2, 0.25) is 11.8 Å². The molecule has 0 radical (unpaired) electrons. The predicted molar refractivity (Wildman–Crippen MR) is 118 cm³/mol. The van der Waals surface area contributed by atoms with Gasteiger partial charge in [-0.1, -0.05) is 0 Å². The molecule has 2 amide bonds. The van der Waals surface area contributed by atoms with Crippen LogP contribution in [0.5, 0.6) is 17.2 Å². The third kappa shape index (κ3) is 7.07. The minimum atomic E-state index is -0.535. The van der Waals surface area contributed by atoms with E-state index in [1.807, 2.05) is 13.8 Å². The van der Waals surface area contributed by atoms with Gasteiger partial charge in [-0.05, 0) is 71.7 Å². The van der Waals surface area contributed by atoms with Crippen LogP contribution in [0, 0.1) is 0 Å². The lowest BCUT2D eigenvalue weighted by molar-refractivity contribution is -0.126. The molecule has 160 valence electrons. The number of nitrogens with one attached hydrogen (secondary N) is 2. The molecule has 2 rings (SSSR count). The van der Waals surface area contributed by atoms with Crippen molar-refractivity contribution in [1.29, 1.82) is 0 Å². The van der Waals surface area contributed by atoms with Crippen LogP contribution < -0.4 is 25.0 Å². The Labute approximate surface area is 183 Å². The molecule has 0 bridgehead atoms. The van der Waals surface area contributed by atoms with Crippen molar-refractivity contribution in [2.75, 3.05) is 25.6 Å². The maximum Gasteiger partial charge on any atom is 0.249 e. The third-order valence-corrected chi connectivity index (χ3v) is 4.31. The second-order valence-corrected chi connectivity index (χ2v) is 6.80. The van der Waals surface area contributed by atoms with Crippen LogP contribution in [-0.2, 0) is 9.59 Å². The van der Waals surface area contributed by atoms with Gasteiger partial charge in [0.1, 0.15) is 12.2 Å². The maximum atomic E-state index is 12.0. The molecule has 8 nitrogen and oxygen atoms in total. The number of amides is 2. The molecular formula is C21H24BrN3O5. The first-order valence-corrected chi connectivity index (χ1v) is 10.1. The largest absolute Gasteiger partial charge is 0.497 e. The molecule has 0 fully saturated rings. The van der Waals surface area contributed by atoms with Crippen LogP contribution in [0.25, 0.3) is 0 Å². The van der Waals surface area contributed by atoms with Gasteiger partial charge in [0.05, 0.1) is 31.0 Å². The van der Waals surface area contributed by atoms with Gasteiger partial charge in [-0.25, -0.2) is 5.43 Å². The number of hydrogen-bond donors (Lipinski definition) is 2. The fraction of sp³-hybridized carbons (Fsp3) is 0.286. The van der Waals surface area contributed by atoms with E-state index in [2.05, 4.69) is 31.8 Å². The first-order chi connectivity index (χ1) is 14.5. The van der Waals surface area contributed by atoms with Gasteiger partial charge in [0.25, 0.3) is 0 Å². The zero-order chi connectivity index (χ0) is 21.9. The molecule has 0 aliphatic rings. The summed E-state index contributed by atoms with van der Waals surface area (Å²) in [6, 6.07) is 10.3. The van der Waals surface area contributed by atoms with Crippen LogP contribution in [0.1, 0.15) is 25.8 Å². The van der Waals surface area contributed by atoms with E-state index in [0.717, 1.165) is 0 Å². The number of hydrogen-bond acceptors (Lipinski definition) is 6. The summed E-state index contributed by atoms with van der Waals surface area (Å²) in [7, 11) is 1.56. The van der Waals surface area contributed by atoms with Crippen molar-refractivity contribution in [3.05, 3.63) is 46.4 Å². The first-order valence-electron chi connectivity index (χ1n) is 9.31. The molecule has 0 unspecified atom stereocenters. The van der Waals surface area contributed by atoms with Crippen molar-refractivity contribution in [1.82, 2.24) is 5.43 Å². The number of rotatable bonds is 10. The van der Waals surface area contributed by atoms with Gasteiger partial charge in [0, 0.05) is 5.69 Å². The summed E-state index contributed by atoms with van der Waals surface area (Å²) in [6.07, 6.45) is 1.10. The number of halogens is 1. The summed E-state index contributed by atoms with van der Waals surface area (Å²) in [4.78, 5) is 23.9. The highest BCUT2D eigenvalue weighted by Crippen LogP contribution is 2.36. The van der Waals surface area contributed by atoms with Gasteiger partial charge >= 0.3 is 0 Å². The predicted octanol–water partition coefficient (Wildman–Crippen LogP) is 3.73. The quantitative estimate of drug-likeness (QED) is 0.308. The lowest BCUT2D eigenvalue weighted by Gasteiger charge is -2.13. The molecule has 2 aromatic rings. The van der Waals surface area contributed by atoms with E-state index in [1.54, 1.807) is 43.5 Å². The Kier molecular flexibility index (Phi) is 9.14. The van der Waals surface area contributed by atoms with E-state index in [-0.39, 0.29) is 6.42 Å².